The third kappa shape index (κ3) is 5.27. The van der Waals surface area contributed by atoms with E-state index in [2.05, 4.69) is 23.9 Å². The highest BCUT2D eigenvalue weighted by molar-refractivity contribution is 5.76. The number of amides is 1. The van der Waals surface area contributed by atoms with Gasteiger partial charge in [-0.05, 0) is 69.9 Å². The number of rotatable bonds is 6. The van der Waals surface area contributed by atoms with E-state index >= 15 is 0 Å². The quantitative estimate of drug-likeness (QED) is 0.779. The molecule has 1 amide bonds. The van der Waals surface area contributed by atoms with Crippen LogP contribution >= 0.6 is 0 Å². The van der Waals surface area contributed by atoms with Crippen molar-refractivity contribution < 1.29 is 9.18 Å². The number of likely N-dealkylation sites (N-methyl/N-ethyl adjacent to an activating group) is 2. The molecule has 1 aromatic rings. The Morgan fingerprint density at radius 3 is 2.46 bits per heavy atom. The summed E-state index contributed by atoms with van der Waals surface area (Å²) in [6.07, 6.45) is 4.91. The number of benzene rings is 1. The molecule has 26 heavy (non-hydrogen) atoms. The fourth-order valence-corrected chi connectivity index (χ4v) is 4.22. The first-order valence-electron chi connectivity index (χ1n) is 9.92. The summed E-state index contributed by atoms with van der Waals surface area (Å²) in [7, 11) is 4.31. The molecule has 1 aromatic carbocycles. The van der Waals surface area contributed by atoms with E-state index in [1.165, 1.54) is 24.1 Å². The summed E-state index contributed by atoms with van der Waals surface area (Å²) < 4.78 is 13.0. The molecular weight excluding hydrogens is 329 g/mol. The predicted octanol–water partition coefficient (Wildman–Crippen LogP) is 2.63. The van der Waals surface area contributed by atoms with Gasteiger partial charge in [0.1, 0.15) is 5.82 Å². The zero-order valence-electron chi connectivity index (χ0n) is 16.2. The largest absolute Gasteiger partial charge is 0.343 e. The summed E-state index contributed by atoms with van der Waals surface area (Å²) in [6.45, 7) is 4.85. The second-order valence-electron chi connectivity index (χ2n) is 8.09. The molecule has 0 unspecified atom stereocenters. The Hall–Kier alpha value is -1.46. The van der Waals surface area contributed by atoms with Crippen LogP contribution in [0, 0.1) is 11.7 Å². The van der Waals surface area contributed by atoms with Crippen LogP contribution in [0.5, 0.6) is 0 Å². The van der Waals surface area contributed by atoms with Gasteiger partial charge in [0.15, 0.2) is 0 Å². The van der Waals surface area contributed by atoms with Gasteiger partial charge < -0.3 is 14.7 Å². The summed E-state index contributed by atoms with van der Waals surface area (Å²) in [4.78, 5) is 19.3. The van der Waals surface area contributed by atoms with Crippen LogP contribution in [0.3, 0.4) is 0 Å². The zero-order valence-corrected chi connectivity index (χ0v) is 16.2. The van der Waals surface area contributed by atoms with Crippen molar-refractivity contribution in [2.45, 2.75) is 38.1 Å². The molecule has 1 atom stereocenters. The molecule has 5 heteroatoms. The molecule has 144 valence electrons. The molecular formula is C21H32FN3O. The van der Waals surface area contributed by atoms with Crippen LogP contribution in [0.25, 0.3) is 0 Å². The highest BCUT2D eigenvalue weighted by atomic mass is 19.1. The fourth-order valence-electron chi connectivity index (χ4n) is 4.22. The van der Waals surface area contributed by atoms with Crippen LogP contribution in [-0.2, 0) is 11.2 Å². The second-order valence-corrected chi connectivity index (χ2v) is 8.09. The Morgan fingerprint density at radius 2 is 1.85 bits per heavy atom. The van der Waals surface area contributed by atoms with Crippen LogP contribution in [0.2, 0.25) is 0 Å². The Bertz CT molecular complexity index is 583. The number of hydrogen-bond acceptors (Lipinski definition) is 3. The minimum atomic E-state index is -0.177. The highest BCUT2D eigenvalue weighted by Crippen LogP contribution is 2.22. The summed E-state index contributed by atoms with van der Waals surface area (Å²) in [5.74, 6) is 0.716. The third-order valence-corrected chi connectivity index (χ3v) is 6.07. The van der Waals surface area contributed by atoms with Gasteiger partial charge in [-0.15, -0.1) is 0 Å². The lowest BCUT2D eigenvalue weighted by atomic mass is 9.90. The van der Waals surface area contributed by atoms with E-state index in [0.717, 1.165) is 52.0 Å². The number of carbonyl (C=O) groups excluding carboxylic acids is 1. The Morgan fingerprint density at radius 1 is 1.15 bits per heavy atom. The van der Waals surface area contributed by atoms with Crippen LogP contribution in [-0.4, -0.2) is 73.5 Å². The molecule has 0 N–H and O–H groups in total. The molecule has 2 aliphatic heterocycles. The van der Waals surface area contributed by atoms with E-state index in [0.29, 0.717) is 24.3 Å². The van der Waals surface area contributed by atoms with Gasteiger partial charge in [-0.1, -0.05) is 12.1 Å². The van der Waals surface area contributed by atoms with Crippen LogP contribution in [0.4, 0.5) is 4.39 Å². The maximum Gasteiger partial charge on any atom is 0.223 e. The first-order valence-corrected chi connectivity index (χ1v) is 9.92. The molecule has 2 saturated heterocycles. The van der Waals surface area contributed by atoms with Crippen LogP contribution < -0.4 is 0 Å². The second kappa shape index (κ2) is 8.96. The number of carbonyl (C=O) groups is 1. The van der Waals surface area contributed by atoms with Gasteiger partial charge in [0.05, 0.1) is 0 Å². The molecule has 0 bridgehead atoms. The lowest BCUT2D eigenvalue weighted by Gasteiger charge is -2.33. The van der Waals surface area contributed by atoms with Gasteiger partial charge in [0, 0.05) is 38.6 Å². The van der Waals surface area contributed by atoms with Crippen molar-refractivity contribution in [2.24, 2.45) is 5.92 Å². The Labute approximate surface area is 157 Å². The third-order valence-electron chi connectivity index (χ3n) is 6.07. The van der Waals surface area contributed by atoms with Gasteiger partial charge in [0.2, 0.25) is 5.91 Å². The van der Waals surface area contributed by atoms with Gasteiger partial charge in [-0.25, -0.2) is 4.39 Å². The Balaban J connectivity index is 1.37. The molecule has 0 radical (unpaired) electrons. The smallest absolute Gasteiger partial charge is 0.223 e. The zero-order chi connectivity index (χ0) is 18.5. The summed E-state index contributed by atoms with van der Waals surface area (Å²) in [5, 5.41) is 0. The van der Waals surface area contributed by atoms with Crippen LogP contribution in [0.1, 0.15) is 31.2 Å². The molecule has 2 fully saturated rings. The monoisotopic (exact) mass is 361 g/mol. The molecule has 3 rings (SSSR count). The van der Waals surface area contributed by atoms with Crippen molar-refractivity contribution >= 4 is 5.91 Å². The van der Waals surface area contributed by atoms with Crippen molar-refractivity contribution in [2.75, 3.05) is 46.8 Å². The van der Waals surface area contributed by atoms with E-state index in [9.17, 15) is 9.18 Å². The SMILES string of the molecule is CN1CC[C@@H](N(C)CCC(=O)N2CCC(Cc3ccc(F)cc3)CC2)C1. The normalized spacial score (nSPS) is 22.3. The van der Waals surface area contributed by atoms with Crippen molar-refractivity contribution in [3.8, 4) is 0 Å². The first-order chi connectivity index (χ1) is 12.5. The van der Waals surface area contributed by atoms with Crippen molar-refractivity contribution in [1.29, 1.82) is 0 Å². The molecule has 0 aromatic heterocycles. The number of nitrogens with zero attached hydrogens (tertiary/aromatic N) is 3. The fraction of sp³-hybridized carbons (Fsp3) is 0.667. The summed E-state index contributed by atoms with van der Waals surface area (Å²) >= 11 is 0. The lowest BCUT2D eigenvalue weighted by molar-refractivity contribution is -0.133. The maximum atomic E-state index is 13.0. The van der Waals surface area contributed by atoms with Gasteiger partial charge in [-0.2, -0.15) is 0 Å². The number of hydrogen-bond donors (Lipinski definition) is 0. The minimum absolute atomic E-state index is 0.177. The average molecular weight is 362 g/mol. The number of halogens is 1. The van der Waals surface area contributed by atoms with Crippen LogP contribution in [0.15, 0.2) is 24.3 Å². The molecule has 2 heterocycles. The molecule has 2 aliphatic rings. The maximum absolute atomic E-state index is 13.0. The molecule has 0 saturated carbocycles. The van der Waals surface area contributed by atoms with Crippen molar-refractivity contribution in [3.05, 3.63) is 35.6 Å². The van der Waals surface area contributed by atoms with Gasteiger partial charge in [-0.3, -0.25) is 4.79 Å². The number of likely N-dealkylation sites (tertiary alicyclic amines) is 2. The molecule has 0 spiro atoms. The van der Waals surface area contributed by atoms with Crippen molar-refractivity contribution in [3.63, 3.8) is 0 Å². The van der Waals surface area contributed by atoms with Crippen molar-refractivity contribution in [1.82, 2.24) is 14.7 Å². The minimum Gasteiger partial charge on any atom is -0.343 e. The van der Waals surface area contributed by atoms with E-state index in [1.807, 2.05) is 17.0 Å². The van der Waals surface area contributed by atoms with E-state index in [1.54, 1.807) is 0 Å². The van der Waals surface area contributed by atoms with Gasteiger partial charge >= 0.3 is 0 Å². The predicted molar refractivity (Wildman–Crippen MR) is 103 cm³/mol. The van der Waals surface area contributed by atoms with Gasteiger partial charge in [0.25, 0.3) is 0 Å². The van der Waals surface area contributed by atoms with E-state index < -0.39 is 0 Å². The molecule has 0 aliphatic carbocycles. The summed E-state index contributed by atoms with van der Waals surface area (Å²) in [6, 6.07) is 7.42. The Kier molecular flexibility index (Phi) is 6.65. The highest BCUT2D eigenvalue weighted by Gasteiger charge is 2.26. The number of piperidine rings is 1. The lowest BCUT2D eigenvalue weighted by Crippen LogP contribution is -2.41. The standard InChI is InChI=1S/C21H32FN3O/c1-23-11-9-20(16-23)24(2)12-10-21(26)25-13-7-18(8-14-25)15-17-3-5-19(22)6-4-17/h3-6,18,20H,7-16H2,1-2H3/t20-/m1/s1. The molecule has 4 nitrogen and oxygen atoms in total. The summed E-state index contributed by atoms with van der Waals surface area (Å²) in [5.41, 5.74) is 1.19. The van der Waals surface area contributed by atoms with E-state index in [4.69, 9.17) is 0 Å². The average Bonchev–Trinajstić information content (AvgIpc) is 3.08. The topological polar surface area (TPSA) is 26.8 Å². The van der Waals surface area contributed by atoms with E-state index in [-0.39, 0.29) is 5.82 Å². The first kappa shape index (κ1) is 19.3.